The fourth-order valence-electron chi connectivity index (χ4n) is 1.49. The summed E-state index contributed by atoms with van der Waals surface area (Å²) in [5, 5.41) is 5.98. The number of carbonyl (C=O) groups is 1. The summed E-state index contributed by atoms with van der Waals surface area (Å²) in [5.74, 6) is -0.424. The smallest absolute Gasteiger partial charge is 0.351 e. The van der Waals surface area contributed by atoms with Crippen LogP contribution in [-0.4, -0.2) is 22.2 Å². The Bertz CT molecular complexity index is 496. The summed E-state index contributed by atoms with van der Waals surface area (Å²) in [6, 6.07) is -0.840. The molecule has 106 valence electrons. The van der Waals surface area contributed by atoms with E-state index in [0.29, 0.717) is 0 Å². The van der Waals surface area contributed by atoms with Gasteiger partial charge in [0.25, 0.3) is 0 Å². The van der Waals surface area contributed by atoms with Crippen molar-refractivity contribution in [2.45, 2.75) is 26.1 Å². The van der Waals surface area contributed by atoms with Crippen molar-refractivity contribution in [1.29, 1.82) is 0 Å². The van der Waals surface area contributed by atoms with E-state index in [1.54, 1.807) is 0 Å². The number of aromatic nitrogens is 2. The summed E-state index contributed by atoms with van der Waals surface area (Å²) in [6.45, 7) is 6.63. The van der Waals surface area contributed by atoms with Gasteiger partial charge in [0.1, 0.15) is 6.04 Å². The predicted molar refractivity (Wildman–Crippen MR) is 67.6 cm³/mol. The van der Waals surface area contributed by atoms with Crippen molar-refractivity contribution in [2.24, 2.45) is 0 Å². The molecule has 1 atom stereocenters. The van der Waals surface area contributed by atoms with Crippen LogP contribution in [0.2, 0.25) is 0 Å². The van der Waals surface area contributed by atoms with Crippen molar-refractivity contribution < 1.29 is 18.0 Å². The zero-order valence-corrected chi connectivity index (χ0v) is 12.0. The van der Waals surface area contributed by atoms with Gasteiger partial charge in [-0.05, 0) is 29.8 Å². The molecule has 0 radical (unpaired) electrons. The molecule has 0 aromatic carbocycles. The van der Waals surface area contributed by atoms with Crippen molar-refractivity contribution in [1.82, 2.24) is 15.1 Å². The molecule has 1 heterocycles. The zero-order valence-electron chi connectivity index (χ0n) is 10.4. The second-order valence-electron chi connectivity index (χ2n) is 3.90. The molecule has 19 heavy (non-hydrogen) atoms. The summed E-state index contributed by atoms with van der Waals surface area (Å²) in [4.78, 5) is 11.7. The van der Waals surface area contributed by atoms with E-state index >= 15 is 0 Å². The van der Waals surface area contributed by atoms with Crippen LogP contribution in [0.3, 0.4) is 0 Å². The van der Waals surface area contributed by atoms with Gasteiger partial charge in [0.15, 0.2) is 5.69 Å². The number of rotatable bonds is 4. The number of hydrogen-bond acceptors (Lipinski definition) is 2. The van der Waals surface area contributed by atoms with E-state index in [0.717, 1.165) is 4.68 Å². The molecule has 0 aliphatic rings. The highest BCUT2D eigenvalue weighted by Gasteiger charge is 2.38. The molecule has 1 aromatic rings. The van der Waals surface area contributed by atoms with Gasteiger partial charge >= 0.3 is 6.18 Å². The van der Waals surface area contributed by atoms with Gasteiger partial charge in [-0.1, -0.05) is 6.08 Å². The summed E-state index contributed by atoms with van der Waals surface area (Å²) in [7, 11) is 0. The second kappa shape index (κ2) is 5.77. The van der Waals surface area contributed by atoms with Gasteiger partial charge in [0.2, 0.25) is 5.91 Å². The molecule has 1 rings (SSSR count). The molecule has 1 amide bonds. The Morgan fingerprint density at radius 2 is 2.21 bits per heavy atom. The molecule has 1 unspecified atom stereocenters. The summed E-state index contributed by atoms with van der Waals surface area (Å²) in [5.41, 5.74) is -0.790. The van der Waals surface area contributed by atoms with Crippen LogP contribution >= 0.6 is 15.9 Å². The molecule has 0 saturated heterocycles. The molecule has 0 aliphatic heterocycles. The Morgan fingerprint density at radius 1 is 1.63 bits per heavy atom. The predicted octanol–water partition coefficient (Wildman–Crippen LogP) is 2.84. The van der Waals surface area contributed by atoms with E-state index in [1.165, 1.54) is 19.9 Å². The van der Waals surface area contributed by atoms with E-state index < -0.39 is 23.8 Å². The second-order valence-corrected chi connectivity index (χ2v) is 4.69. The minimum atomic E-state index is -4.56. The lowest BCUT2D eigenvalue weighted by Gasteiger charge is -2.13. The highest BCUT2D eigenvalue weighted by molar-refractivity contribution is 9.10. The van der Waals surface area contributed by atoms with Crippen LogP contribution < -0.4 is 5.32 Å². The van der Waals surface area contributed by atoms with Gasteiger partial charge in [-0.3, -0.25) is 9.48 Å². The van der Waals surface area contributed by atoms with Crippen LogP contribution in [0.15, 0.2) is 17.1 Å². The lowest BCUT2D eigenvalue weighted by Crippen LogP contribution is -2.32. The van der Waals surface area contributed by atoms with Crippen molar-refractivity contribution in [2.75, 3.05) is 6.54 Å². The lowest BCUT2D eigenvalue weighted by molar-refractivity contribution is -0.142. The van der Waals surface area contributed by atoms with Gasteiger partial charge < -0.3 is 5.32 Å². The average molecular weight is 340 g/mol. The largest absolute Gasteiger partial charge is 0.436 e. The highest BCUT2D eigenvalue weighted by atomic mass is 79.9. The molecule has 0 saturated carbocycles. The molecule has 1 N–H and O–H groups in total. The number of halogens is 4. The van der Waals surface area contributed by atoms with Crippen LogP contribution in [-0.2, 0) is 11.0 Å². The Morgan fingerprint density at radius 3 is 2.63 bits per heavy atom. The first-order chi connectivity index (χ1) is 8.70. The molecular formula is C11H13BrF3N3O. The summed E-state index contributed by atoms with van der Waals surface area (Å²) in [6.07, 6.45) is -3.08. The van der Waals surface area contributed by atoms with Crippen molar-refractivity contribution in [3.05, 3.63) is 28.5 Å². The molecular weight excluding hydrogens is 327 g/mol. The van der Waals surface area contributed by atoms with E-state index in [9.17, 15) is 18.0 Å². The number of alkyl halides is 3. The molecule has 8 heteroatoms. The fourth-order valence-corrected chi connectivity index (χ4v) is 1.97. The third-order valence-corrected chi connectivity index (χ3v) is 3.46. The maximum Gasteiger partial charge on any atom is 0.436 e. The Balaban J connectivity index is 3.08. The molecule has 0 fully saturated rings. The van der Waals surface area contributed by atoms with E-state index in [1.807, 2.05) is 0 Å². The minimum absolute atomic E-state index is 0.150. The first kappa shape index (κ1) is 15.7. The first-order valence-electron chi connectivity index (χ1n) is 5.40. The van der Waals surface area contributed by atoms with Gasteiger partial charge in [-0.2, -0.15) is 18.3 Å². The molecule has 0 bridgehead atoms. The third kappa shape index (κ3) is 3.37. The quantitative estimate of drug-likeness (QED) is 0.857. The summed E-state index contributed by atoms with van der Waals surface area (Å²) >= 11 is 2.86. The maximum absolute atomic E-state index is 12.7. The Labute approximate surface area is 116 Å². The lowest BCUT2D eigenvalue weighted by atomic mass is 10.3. The minimum Gasteiger partial charge on any atom is -0.351 e. The first-order valence-corrected chi connectivity index (χ1v) is 6.19. The van der Waals surface area contributed by atoms with Crippen LogP contribution in [0.4, 0.5) is 13.2 Å². The van der Waals surface area contributed by atoms with Gasteiger partial charge in [0, 0.05) is 6.54 Å². The fraction of sp³-hybridized carbons (Fsp3) is 0.455. The van der Waals surface area contributed by atoms with Crippen LogP contribution in [0.5, 0.6) is 0 Å². The molecule has 4 nitrogen and oxygen atoms in total. The van der Waals surface area contributed by atoms with Crippen LogP contribution in [0.1, 0.15) is 24.4 Å². The number of hydrogen-bond donors (Lipinski definition) is 1. The topological polar surface area (TPSA) is 46.9 Å². The van der Waals surface area contributed by atoms with E-state index in [4.69, 9.17) is 0 Å². The maximum atomic E-state index is 12.7. The third-order valence-electron chi connectivity index (χ3n) is 2.51. The molecule has 1 aromatic heterocycles. The standard InChI is InChI=1S/C11H13BrF3N3O/c1-4-5-16-10(19)7(3)18-6(2)8(12)9(17-18)11(13,14)15/h4,7H,1,5H2,2-3H3,(H,16,19). The number of nitrogens with one attached hydrogen (secondary N) is 1. The summed E-state index contributed by atoms with van der Waals surface area (Å²) < 4.78 is 39.0. The normalized spacial score (nSPS) is 13.2. The Hall–Kier alpha value is -1.31. The van der Waals surface area contributed by atoms with Crippen molar-refractivity contribution in [3.8, 4) is 0 Å². The van der Waals surface area contributed by atoms with E-state index in [-0.39, 0.29) is 16.7 Å². The van der Waals surface area contributed by atoms with E-state index in [2.05, 4.69) is 32.9 Å². The number of amides is 1. The number of nitrogens with zero attached hydrogens (tertiary/aromatic N) is 2. The SMILES string of the molecule is C=CCNC(=O)C(C)n1nc(C(F)(F)F)c(Br)c1C. The Kier molecular flexibility index (Phi) is 4.78. The van der Waals surface area contributed by atoms with Crippen molar-refractivity contribution >= 4 is 21.8 Å². The van der Waals surface area contributed by atoms with Gasteiger partial charge in [0.05, 0.1) is 10.2 Å². The monoisotopic (exact) mass is 339 g/mol. The van der Waals surface area contributed by atoms with Gasteiger partial charge in [-0.15, -0.1) is 6.58 Å². The highest BCUT2D eigenvalue weighted by Crippen LogP contribution is 2.36. The molecule has 0 aliphatic carbocycles. The number of carbonyl (C=O) groups excluding carboxylic acids is 1. The van der Waals surface area contributed by atoms with Crippen LogP contribution in [0, 0.1) is 6.92 Å². The average Bonchev–Trinajstić information content (AvgIpc) is 2.62. The van der Waals surface area contributed by atoms with Crippen molar-refractivity contribution in [3.63, 3.8) is 0 Å². The van der Waals surface area contributed by atoms with Gasteiger partial charge in [-0.25, -0.2) is 0 Å². The van der Waals surface area contributed by atoms with Crippen LogP contribution in [0.25, 0.3) is 0 Å². The molecule has 0 spiro atoms. The zero-order chi connectivity index (χ0) is 14.8.